The first kappa shape index (κ1) is 14.9. The van der Waals surface area contributed by atoms with Gasteiger partial charge in [-0.2, -0.15) is 0 Å². The molecule has 0 saturated heterocycles. The van der Waals surface area contributed by atoms with Gasteiger partial charge in [-0.25, -0.2) is 0 Å². The van der Waals surface area contributed by atoms with Crippen molar-refractivity contribution in [2.24, 2.45) is 11.8 Å². The number of ether oxygens (including phenoxy) is 2. The summed E-state index contributed by atoms with van der Waals surface area (Å²) in [5, 5.41) is 13.5. The minimum atomic E-state index is 0.242. The molecule has 1 aliphatic carbocycles. The predicted molar refractivity (Wildman–Crippen MR) is 81.8 cm³/mol. The van der Waals surface area contributed by atoms with E-state index in [1.165, 1.54) is 19.3 Å². The standard InChI is InChI=1S/C16H22ClNO3/c17-14-5-11(6-15-16(14)21-10-20-15)7-18-8-12-3-1-2-4-13(12)9-19/h5-6,12-13,18-19H,1-4,7-10H2. The summed E-state index contributed by atoms with van der Waals surface area (Å²) in [6.07, 6.45) is 4.89. The van der Waals surface area contributed by atoms with Crippen LogP contribution in [0, 0.1) is 11.8 Å². The van der Waals surface area contributed by atoms with E-state index in [4.69, 9.17) is 21.1 Å². The van der Waals surface area contributed by atoms with Crippen molar-refractivity contribution in [3.63, 3.8) is 0 Å². The molecule has 2 N–H and O–H groups in total. The van der Waals surface area contributed by atoms with Gasteiger partial charge in [0, 0.05) is 13.2 Å². The van der Waals surface area contributed by atoms with Crippen molar-refractivity contribution >= 4 is 11.6 Å². The Hall–Kier alpha value is -0.970. The van der Waals surface area contributed by atoms with Crippen LogP contribution in [0.15, 0.2) is 12.1 Å². The number of halogens is 1. The summed E-state index contributed by atoms with van der Waals surface area (Å²) in [6, 6.07) is 3.90. The Kier molecular flexibility index (Phi) is 4.88. The molecule has 2 unspecified atom stereocenters. The summed E-state index contributed by atoms with van der Waals surface area (Å²) in [7, 11) is 0. The van der Waals surface area contributed by atoms with Gasteiger partial charge in [-0.05, 0) is 48.9 Å². The van der Waals surface area contributed by atoms with Crippen molar-refractivity contribution in [3.8, 4) is 11.5 Å². The lowest BCUT2D eigenvalue weighted by Gasteiger charge is -2.30. The van der Waals surface area contributed by atoms with Gasteiger partial charge >= 0.3 is 0 Å². The molecular weight excluding hydrogens is 290 g/mol. The van der Waals surface area contributed by atoms with Gasteiger partial charge in [0.15, 0.2) is 11.5 Å². The fraction of sp³-hybridized carbons (Fsp3) is 0.625. The van der Waals surface area contributed by atoms with E-state index in [9.17, 15) is 5.11 Å². The van der Waals surface area contributed by atoms with Crippen molar-refractivity contribution < 1.29 is 14.6 Å². The third-order valence-electron chi connectivity index (χ3n) is 4.52. The Balaban J connectivity index is 1.54. The zero-order chi connectivity index (χ0) is 14.7. The molecular formula is C16H22ClNO3. The second-order valence-electron chi connectivity index (χ2n) is 5.93. The maximum absolute atomic E-state index is 9.44. The zero-order valence-corrected chi connectivity index (χ0v) is 12.9. The van der Waals surface area contributed by atoms with E-state index in [2.05, 4.69) is 5.32 Å². The van der Waals surface area contributed by atoms with E-state index in [1.807, 2.05) is 12.1 Å². The number of aliphatic hydroxyl groups excluding tert-OH is 1. The monoisotopic (exact) mass is 311 g/mol. The maximum atomic E-state index is 9.44. The SMILES string of the molecule is OCC1CCCCC1CNCc1cc(Cl)c2c(c1)OCO2. The maximum Gasteiger partial charge on any atom is 0.231 e. The molecule has 3 rings (SSSR count). The molecule has 0 spiro atoms. The molecule has 4 nitrogen and oxygen atoms in total. The lowest BCUT2D eigenvalue weighted by molar-refractivity contribution is 0.133. The van der Waals surface area contributed by atoms with Crippen LogP contribution in [-0.2, 0) is 6.54 Å². The Labute approximate surface area is 130 Å². The normalized spacial score (nSPS) is 24.3. The third kappa shape index (κ3) is 3.44. The highest BCUT2D eigenvalue weighted by Gasteiger charge is 2.24. The Morgan fingerprint density at radius 3 is 2.81 bits per heavy atom. The number of rotatable bonds is 5. The van der Waals surface area contributed by atoms with E-state index in [0.29, 0.717) is 29.2 Å². The van der Waals surface area contributed by atoms with Crippen molar-refractivity contribution in [1.82, 2.24) is 5.32 Å². The van der Waals surface area contributed by atoms with E-state index in [-0.39, 0.29) is 6.79 Å². The number of hydrogen-bond acceptors (Lipinski definition) is 4. The van der Waals surface area contributed by atoms with Crippen LogP contribution >= 0.6 is 11.6 Å². The minimum absolute atomic E-state index is 0.242. The van der Waals surface area contributed by atoms with Crippen molar-refractivity contribution in [2.75, 3.05) is 19.9 Å². The summed E-state index contributed by atoms with van der Waals surface area (Å²) < 4.78 is 10.7. The molecule has 2 atom stereocenters. The highest BCUT2D eigenvalue weighted by molar-refractivity contribution is 6.32. The first-order valence-corrected chi connectivity index (χ1v) is 8.05. The van der Waals surface area contributed by atoms with Gasteiger partial charge in [0.25, 0.3) is 0 Å². The minimum Gasteiger partial charge on any atom is -0.454 e. The van der Waals surface area contributed by atoms with Gasteiger partial charge in [0.2, 0.25) is 6.79 Å². The highest BCUT2D eigenvalue weighted by atomic mass is 35.5. The highest BCUT2D eigenvalue weighted by Crippen LogP contribution is 2.39. The third-order valence-corrected chi connectivity index (χ3v) is 4.80. The van der Waals surface area contributed by atoms with Gasteiger partial charge in [0.05, 0.1) is 5.02 Å². The van der Waals surface area contributed by atoms with Crippen LogP contribution < -0.4 is 14.8 Å². The first-order chi connectivity index (χ1) is 10.3. The van der Waals surface area contributed by atoms with Crippen LogP contribution in [0.4, 0.5) is 0 Å². The van der Waals surface area contributed by atoms with E-state index in [1.54, 1.807) is 0 Å². The first-order valence-electron chi connectivity index (χ1n) is 7.67. The average Bonchev–Trinajstić information content (AvgIpc) is 2.97. The van der Waals surface area contributed by atoms with Gasteiger partial charge in [-0.3, -0.25) is 0 Å². The van der Waals surface area contributed by atoms with Crippen LogP contribution in [-0.4, -0.2) is 25.1 Å². The molecule has 1 fully saturated rings. The lowest BCUT2D eigenvalue weighted by Crippen LogP contribution is -2.32. The molecule has 0 aromatic heterocycles. The fourth-order valence-electron chi connectivity index (χ4n) is 3.32. The smallest absolute Gasteiger partial charge is 0.231 e. The Morgan fingerprint density at radius 1 is 1.19 bits per heavy atom. The number of aliphatic hydroxyl groups is 1. The number of nitrogens with one attached hydrogen (secondary N) is 1. The molecule has 1 aliphatic heterocycles. The molecule has 1 saturated carbocycles. The van der Waals surface area contributed by atoms with Gasteiger partial charge < -0.3 is 19.9 Å². The van der Waals surface area contributed by atoms with Crippen LogP contribution in [0.5, 0.6) is 11.5 Å². The zero-order valence-electron chi connectivity index (χ0n) is 12.1. The Morgan fingerprint density at radius 2 is 2.00 bits per heavy atom. The van der Waals surface area contributed by atoms with Gasteiger partial charge in [-0.15, -0.1) is 0 Å². The molecule has 2 aliphatic rings. The van der Waals surface area contributed by atoms with E-state index >= 15 is 0 Å². The second kappa shape index (κ2) is 6.86. The summed E-state index contributed by atoms with van der Waals surface area (Å²) in [6.45, 7) is 2.25. The van der Waals surface area contributed by atoms with Crippen LogP contribution in [0.2, 0.25) is 5.02 Å². The molecule has 5 heteroatoms. The molecule has 1 heterocycles. The number of benzene rings is 1. The van der Waals surface area contributed by atoms with E-state index in [0.717, 1.165) is 30.8 Å². The Bertz CT molecular complexity index is 495. The van der Waals surface area contributed by atoms with E-state index < -0.39 is 0 Å². The topological polar surface area (TPSA) is 50.7 Å². The largest absolute Gasteiger partial charge is 0.454 e. The molecule has 21 heavy (non-hydrogen) atoms. The summed E-state index contributed by atoms with van der Waals surface area (Å²) >= 11 is 6.18. The van der Waals surface area contributed by atoms with Crippen molar-refractivity contribution in [3.05, 3.63) is 22.7 Å². The second-order valence-corrected chi connectivity index (χ2v) is 6.34. The molecule has 0 radical (unpaired) electrons. The van der Waals surface area contributed by atoms with Crippen LogP contribution in [0.1, 0.15) is 31.2 Å². The molecule has 0 amide bonds. The average molecular weight is 312 g/mol. The molecule has 0 bridgehead atoms. The quantitative estimate of drug-likeness (QED) is 0.878. The van der Waals surface area contributed by atoms with Crippen molar-refractivity contribution in [2.45, 2.75) is 32.2 Å². The number of fused-ring (bicyclic) bond motifs is 1. The predicted octanol–water partition coefficient (Wildman–Crippen LogP) is 2.96. The summed E-state index contributed by atoms with van der Waals surface area (Å²) in [5.41, 5.74) is 1.10. The molecule has 116 valence electrons. The van der Waals surface area contributed by atoms with Crippen LogP contribution in [0.25, 0.3) is 0 Å². The summed E-state index contributed by atoms with van der Waals surface area (Å²) in [5.74, 6) is 2.40. The molecule has 1 aromatic carbocycles. The lowest BCUT2D eigenvalue weighted by atomic mass is 9.79. The van der Waals surface area contributed by atoms with Crippen LogP contribution in [0.3, 0.4) is 0 Å². The van der Waals surface area contributed by atoms with Gasteiger partial charge in [0.1, 0.15) is 0 Å². The van der Waals surface area contributed by atoms with Crippen molar-refractivity contribution in [1.29, 1.82) is 0 Å². The molecule has 1 aromatic rings. The fourth-order valence-corrected chi connectivity index (χ4v) is 3.61. The summed E-state index contributed by atoms with van der Waals surface area (Å²) in [4.78, 5) is 0. The number of hydrogen-bond donors (Lipinski definition) is 2. The van der Waals surface area contributed by atoms with Gasteiger partial charge in [-0.1, -0.05) is 24.4 Å².